The van der Waals surface area contributed by atoms with E-state index < -0.39 is 0 Å². The smallest absolute Gasteiger partial charge is 0.226 e. The summed E-state index contributed by atoms with van der Waals surface area (Å²) >= 11 is 0. The maximum absolute atomic E-state index is 12.6. The maximum atomic E-state index is 12.6. The summed E-state index contributed by atoms with van der Waals surface area (Å²) in [7, 11) is 0. The van der Waals surface area contributed by atoms with E-state index in [0.717, 1.165) is 38.6 Å². The highest BCUT2D eigenvalue weighted by Gasteiger charge is 2.36. The average Bonchev–Trinajstić information content (AvgIpc) is 2.85. The third-order valence-electron chi connectivity index (χ3n) is 4.42. The molecule has 20 heavy (non-hydrogen) atoms. The van der Waals surface area contributed by atoms with Crippen molar-refractivity contribution in [3.63, 3.8) is 0 Å². The van der Waals surface area contributed by atoms with E-state index in [0.29, 0.717) is 19.0 Å². The molecule has 0 aromatic heterocycles. The Morgan fingerprint density at radius 2 is 2.00 bits per heavy atom. The molecule has 3 atom stereocenters. The normalized spacial score (nSPS) is 29.7. The quantitative estimate of drug-likeness (QED) is 0.814. The van der Waals surface area contributed by atoms with Crippen LogP contribution in [0.5, 0.6) is 0 Å². The predicted octanol–water partition coefficient (Wildman–Crippen LogP) is 0.910. The van der Waals surface area contributed by atoms with E-state index in [-0.39, 0.29) is 36.2 Å². The van der Waals surface area contributed by atoms with Crippen LogP contribution in [-0.2, 0) is 9.59 Å². The standard InChI is InChI=1S/C14H25N3O2.ClH/c1-10(18)16-12-5-3-7-17(9-12)14(19)13-6-2-4-11(13)8-15;/h11-13H,2-9,15H2,1H3,(H,16,18);1H/t11-,12?,13-;/m1./s1. The molecule has 0 aromatic carbocycles. The number of nitrogens with zero attached hydrogens (tertiary/aromatic N) is 1. The summed E-state index contributed by atoms with van der Waals surface area (Å²) in [5.41, 5.74) is 5.76. The highest BCUT2D eigenvalue weighted by atomic mass is 35.5. The van der Waals surface area contributed by atoms with Gasteiger partial charge in [-0.1, -0.05) is 6.42 Å². The maximum Gasteiger partial charge on any atom is 0.226 e. The molecule has 3 N–H and O–H groups in total. The van der Waals surface area contributed by atoms with Gasteiger partial charge in [0.15, 0.2) is 0 Å². The minimum Gasteiger partial charge on any atom is -0.352 e. The highest BCUT2D eigenvalue weighted by molar-refractivity contribution is 5.85. The number of likely N-dealkylation sites (tertiary alicyclic amines) is 1. The fraction of sp³-hybridized carbons (Fsp3) is 0.857. The van der Waals surface area contributed by atoms with Gasteiger partial charge in [0.1, 0.15) is 0 Å². The lowest BCUT2D eigenvalue weighted by Gasteiger charge is -2.35. The molecule has 2 rings (SSSR count). The summed E-state index contributed by atoms with van der Waals surface area (Å²) < 4.78 is 0. The lowest BCUT2D eigenvalue weighted by atomic mass is 9.93. The topological polar surface area (TPSA) is 75.4 Å². The monoisotopic (exact) mass is 303 g/mol. The number of piperidine rings is 1. The van der Waals surface area contributed by atoms with Gasteiger partial charge in [-0.15, -0.1) is 12.4 Å². The Morgan fingerprint density at radius 1 is 1.25 bits per heavy atom. The SMILES string of the molecule is CC(=O)NC1CCCN(C(=O)[C@@H]2CCC[C@@H]2CN)C1.Cl. The number of rotatable bonds is 3. The molecule has 0 spiro atoms. The minimum atomic E-state index is -0.0139. The number of nitrogens with one attached hydrogen (secondary N) is 1. The number of amides is 2. The second-order valence-corrected chi connectivity index (χ2v) is 5.86. The fourth-order valence-corrected chi connectivity index (χ4v) is 3.46. The Bertz CT molecular complexity index is 351. The van der Waals surface area contributed by atoms with Crippen molar-refractivity contribution in [1.82, 2.24) is 10.2 Å². The van der Waals surface area contributed by atoms with Crippen LogP contribution in [0, 0.1) is 11.8 Å². The van der Waals surface area contributed by atoms with Gasteiger partial charge in [-0.05, 0) is 38.1 Å². The molecule has 2 amide bonds. The van der Waals surface area contributed by atoms with Crippen molar-refractivity contribution in [2.75, 3.05) is 19.6 Å². The summed E-state index contributed by atoms with van der Waals surface area (Å²) in [6.45, 7) is 3.62. The molecule has 5 nitrogen and oxygen atoms in total. The van der Waals surface area contributed by atoms with Crippen molar-refractivity contribution in [1.29, 1.82) is 0 Å². The van der Waals surface area contributed by atoms with Crippen LogP contribution in [0.25, 0.3) is 0 Å². The van der Waals surface area contributed by atoms with Gasteiger partial charge in [-0.3, -0.25) is 9.59 Å². The predicted molar refractivity (Wildman–Crippen MR) is 80.6 cm³/mol. The van der Waals surface area contributed by atoms with Gasteiger partial charge in [-0.25, -0.2) is 0 Å². The van der Waals surface area contributed by atoms with Crippen molar-refractivity contribution in [2.24, 2.45) is 17.6 Å². The molecule has 0 aromatic rings. The first kappa shape index (κ1) is 17.2. The lowest BCUT2D eigenvalue weighted by Crippen LogP contribution is -2.51. The molecule has 6 heteroatoms. The first-order valence-corrected chi connectivity index (χ1v) is 7.37. The molecule has 1 saturated heterocycles. The van der Waals surface area contributed by atoms with Crippen LogP contribution in [0.15, 0.2) is 0 Å². The van der Waals surface area contributed by atoms with E-state index >= 15 is 0 Å². The summed E-state index contributed by atoms with van der Waals surface area (Å²) in [6, 6.07) is 0.118. The number of hydrogen-bond donors (Lipinski definition) is 2. The van der Waals surface area contributed by atoms with E-state index in [9.17, 15) is 9.59 Å². The molecule has 1 aliphatic carbocycles. The van der Waals surface area contributed by atoms with Gasteiger partial charge in [0.25, 0.3) is 0 Å². The minimum absolute atomic E-state index is 0. The molecule has 2 aliphatic rings. The number of carbonyl (C=O) groups is 2. The lowest BCUT2D eigenvalue weighted by molar-refractivity contribution is -0.138. The van der Waals surface area contributed by atoms with Gasteiger partial charge < -0.3 is 16.0 Å². The zero-order chi connectivity index (χ0) is 13.8. The van der Waals surface area contributed by atoms with Crippen LogP contribution in [0.3, 0.4) is 0 Å². The number of carbonyl (C=O) groups excluding carboxylic acids is 2. The summed E-state index contributed by atoms with van der Waals surface area (Å²) in [5, 5.41) is 2.92. The molecule has 1 saturated carbocycles. The van der Waals surface area contributed by atoms with Crippen molar-refractivity contribution in [2.45, 2.75) is 45.1 Å². The second-order valence-electron chi connectivity index (χ2n) is 5.86. The molecule has 116 valence electrons. The van der Waals surface area contributed by atoms with Gasteiger partial charge in [0.05, 0.1) is 0 Å². The Labute approximate surface area is 127 Å². The van der Waals surface area contributed by atoms with Crippen LogP contribution >= 0.6 is 12.4 Å². The zero-order valence-electron chi connectivity index (χ0n) is 12.1. The van der Waals surface area contributed by atoms with Gasteiger partial charge in [0, 0.05) is 32.0 Å². The van der Waals surface area contributed by atoms with Crippen molar-refractivity contribution >= 4 is 24.2 Å². The molecular formula is C14H26ClN3O2. The molecule has 1 unspecified atom stereocenters. The first-order valence-electron chi connectivity index (χ1n) is 7.37. The third-order valence-corrected chi connectivity index (χ3v) is 4.42. The van der Waals surface area contributed by atoms with Crippen LogP contribution in [0.2, 0.25) is 0 Å². The molecule has 2 fully saturated rings. The molecule has 0 bridgehead atoms. The largest absolute Gasteiger partial charge is 0.352 e. The van der Waals surface area contributed by atoms with Crippen LogP contribution < -0.4 is 11.1 Å². The summed E-state index contributed by atoms with van der Waals surface area (Å²) in [6.07, 6.45) is 5.10. The Morgan fingerprint density at radius 3 is 2.65 bits per heavy atom. The number of nitrogens with two attached hydrogens (primary N) is 1. The van der Waals surface area contributed by atoms with Crippen LogP contribution in [0.4, 0.5) is 0 Å². The average molecular weight is 304 g/mol. The van der Waals surface area contributed by atoms with Gasteiger partial charge in [0.2, 0.25) is 11.8 Å². The van der Waals surface area contributed by atoms with E-state index in [1.54, 1.807) is 0 Å². The van der Waals surface area contributed by atoms with E-state index in [1.165, 1.54) is 6.92 Å². The summed E-state index contributed by atoms with van der Waals surface area (Å²) in [4.78, 5) is 25.6. The van der Waals surface area contributed by atoms with Gasteiger partial charge >= 0.3 is 0 Å². The van der Waals surface area contributed by atoms with Crippen molar-refractivity contribution in [3.05, 3.63) is 0 Å². The van der Waals surface area contributed by atoms with Crippen LogP contribution in [0.1, 0.15) is 39.0 Å². The first-order chi connectivity index (χ1) is 9.11. The Balaban J connectivity index is 0.00000200. The number of halogens is 1. The summed E-state index contributed by atoms with van der Waals surface area (Å²) in [5.74, 6) is 0.706. The highest BCUT2D eigenvalue weighted by Crippen LogP contribution is 2.33. The Kier molecular flexibility index (Phi) is 6.76. The Hall–Kier alpha value is -0.810. The molecular weight excluding hydrogens is 278 g/mol. The van der Waals surface area contributed by atoms with Crippen molar-refractivity contribution < 1.29 is 9.59 Å². The molecule has 1 heterocycles. The zero-order valence-corrected chi connectivity index (χ0v) is 13.0. The molecule has 0 radical (unpaired) electrons. The fourth-order valence-electron chi connectivity index (χ4n) is 3.46. The van der Waals surface area contributed by atoms with E-state index in [4.69, 9.17) is 5.73 Å². The van der Waals surface area contributed by atoms with Crippen molar-refractivity contribution in [3.8, 4) is 0 Å². The number of hydrogen-bond acceptors (Lipinski definition) is 3. The molecule has 1 aliphatic heterocycles. The van der Waals surface area contributed by atoms with Gasteiger partial charge in [-0.2, -0.15) is 0 Å². The third kappa shape index (κ3) is 4.09. The van der Waals surface area contributed by atoms with E-state index in [2.05, 4.69) is 5.32 Å². The van der Waals surface area contributed by atoms with Crippen LogP contribution in [-0.4, -0.2) is 42.4 Å². The van der Waals surface area contributed by atoms with E-state index in [1.807, 2.05) is 4.90 Å². The second kappa shape index (κ2) is 7.84.